The number of ether oxygens (including phenoxy) is 2. The van der Waals surface area contributed by atoms with Gasteiger partial charge in [0, 0.05) is 58.0 Å². The minimum Gasteiger partial charge on any atom is -0.399 e. The zero-order valence-electron chi connectivity index (χ0n) is 31.1. The van der Waals surface area contributed by atoms with Crippen LogP contribution in [0.15, 0.2) is 48.8 Å². The van der Waals surface area contributed by atoms with Gasteiger partial charge in [-0.2, -0.15) is 0 Å². The molecule has 4 amide bonds. The van der Waals surface area contributed by atoms with Crippen molar-refractivity contribution in [2.75, 3.05) is 40.1 Å². The molecule has 4 N–H and O–H groups in total. The van der Waals surface area contributed by atoms with Crippen molar-refractivity contribution in [3.05, 3.63) is 59.9 Å². The van der Waals surface area contributed by atoms with Gasteiger partial charge in [-0.05, 0) is 67.0 Å². The minimum absolute atomic E-state index is 0.0150. The normalized spacial score (nSPS) is 18.1. The summed E-state index contributed by atoms with van der Waals surface area (Å²) in [6.45, 7) is 10.7. The fourth-order valence-electron chi connectivity index (χ4n) is 6.94. The van der Waals surface area contributed by atoms with Gasteiger partial charge in [0.15, 0.2) is 0 Å². The van der Waals surface area contributed by atoms with Crippen LogP contribution in [0.25, 0.3) is 0 Å². The molecule has 12 heteroatoms. The Morgan fingerprint density at radius 3 is 2.34 bits per heavy atom. The van der Waals surface area contributed by atoms with Crippen LogP contribution in [-0.2, 0) is 30.3 Å². The van der Waals surface area contributed by atoms with Crippen molar-refractivity contribution in [2.24, 2.45) is 17.8 Å². The molecule has 0 bridgehead atoms. The average molecular weight is 695 g/mol. The zero-order chi connectivity index (χ0) is 37.0. The Balaban J connectivity index is 1.72. The Morgan fingerprint density at radius 1 is 1.06 bits per heavy atom. The first-order valence-electron chi connectivity index (χ1n) is 17.8. The predicted octanol–water partition coefficient (Wildman–Crippen LogP) is 3.70. The summed E-state index contributed by atoms with van der Waals surface area (Å²) in [4.78, 5) is 62.0. The Kier molecular flexibility index (Phi) is 15.7. The largest absolute Gasteiger partial charge is 0.399 e. The second-order valence-corrected chi connectivity index (χ2v) is 13.8. The van der Waals surface area contributed by atoms with Crippen LogP contribution >= 0.6 is 0 Å². The van der Waals surface area contributed by atoms with E-state index in [0.29, 0.717) is 37.2 Å². The fourth-order valence-corrected chi connectivity index (χ4v) is 6.94. The summed E-state index contributed by atoms with van der Waals surface area (Å²) in [5.74, 6) is -1.57. The topological polar surface area (TPSA) is 156 Å². The van der Waals surface area contributed by atoms with Gasteiger partial charge >= 0.3 is 0 Å². The van der Waals surface area contributed by atoms with E-state index in [4.69, 9.17) is 15.2 Å². The molecule has 276 valence electrons. The highest BCUT2D eigenvalue weighted by Crippen LogP contribution is 2.29. The third kappa shape index (κ3) is 10.5. The summed E-state index contributed by atoms with van der Waals surface area (Å²) in [5.41, 5.74) is 7.77. The van der Waals surface area contributed by atoms with Gasteiger partial charge in [0.05, 0.1) is 36.6 Å². The quantitative estimate of drug-likeness (QED) is 0.200. The summed E-state index contributed by atoms with van der Waals surface area (Å²) < 4.78 is 11.9. The Morgan fingerprint density at radius 2 is 1.76 bits per heavy atom. The number of methoxy groups -OCH3 is 2. The van der Waals surface area contributed by atoms with E-state index >= 15 is 0 Å². The van der Waals surface area contributed by atoms with E-state index in [1.165, 1.54) is 0 Å². The number of pyridine rings is 1. The third-order valence-corrected chi connectivity index (χ3v) is 10.1. The highest BCUT2D eigenvalue weighted by molar-refractivity contribution is 5.98. The smallest absolute Gasteiger partial charge is 0.251 e. The summed E-state index contributed by atoms with van der Waals surface area (Å²) >= 11 is 0. The van der Waals surface area contributed by atoms with Gasteiger partial charge in [0.1, 0.15) is 6.04 Å². The zero-order valence-corrected chi connectivity index (χ0v) is 31.1. The molecule has 0 radical (unpaired) electrons. The number of aromatic nitrogens is 1. The van der Waals surface area contributed by atoms with Gasteiger partial charge in [-0.3, -0.25) is 24.2 Å². The van der Waals surface area contributed by atoms with E-state index in [0.717, 1.165) is 18.4 Å². The molecular weight excluding hydrogens is 636 g/mol. The van der Waals surface area contributed by atoms with Gasteiger partial charge in [-0.15, -0.1) is 0 Å². The number of nitrogens with two attached hydrogens (primary N) is 1. The molecule has 0 saturated carbocycles. The van der Waals surface area contributed by atoms with Crippen LogP contribution in [0, 0.1) is 17.8 Å². The lowest BCUT2D eigenvalue weighted by atomic mass is 9.89. The van der Waals surface area contributed by atoms with Gasteiger partial charge in [-0.25, -0.2) is 0 Å². The van der Waals surface area contributed by atoms with Gasteiger partial charge in [0.2, 0.25) is 17.7 Å². The Bertz CT molecular complexity index is 1390. The Hall–Kier alpha value is -4.03. The number of nitrogens with zero attached hydrogens (tertiary/aromatic N) is 3. The molecule has 0 unspecified atom stereocenters. The Labute approximate surface area is 297 Å². The van der Waals surface area contributed by atoms with Crippen molar-refractivity contribution < 1.29 is 28.7 Å². The highest BCUT2D eigenvalue weighted by Gasteiger charge is 2.42. The molecule has 7 atom stereocenters. The molecule has 0 spiro atoms. The molecule has 1 aliphatic rings. The van der Waals surface area contributed by atoms with Crippen molar-refractivity contribution >= 4 is 29.3 Å². The van der Waals surface area contributed by atoms with E-state index in [2.05, 4.69) is 15.6 Å². The molecule has 50 heavy (non-hydrogen) atoms. The number of benzene rings is 1. The molecule has 1 fully saturated rings. The molecule has 1 aromatic carbocycles. The van der Waals surface area contributed by atoms with Crippen LogP contribution < -0.4 is 16.4 Å². The molecular formula is C38H58N6O6. The first-order chi connectivity index (χ1) is 23.8. The van der Waals surface area contributed by atoms with Crippen LogP contribution in [0.4, 0.5) is 5.69 Å². The van der Waals surface area contributed by atoms with E-state index < -0.39 is 30.2 Å². The van der Waals surface area contributed by atoms with E-state index in [9.17, 15) is 19.2 Å². The van der Waals surface area contributed by atoms with Crippen molar-refractivity contribution in [2.45, 2.75) is 97.1 Å². The lowest BCUT2D eigenvalue weighted by molar-refractivity contribution is -0.146. The maximum atomic E-state index is 14.1. The monoisotopic (exact) mass is 694 g/mol. The lowest BCUT2D eigenvalue weighted by Crippen LogP contribution is -2.57. The summed E-state index contributed by atoms with van der Waals surface area (Å²) in [6.07, 6.45) is 5.36. The number of rotatable bonds is 18. The van der Waals surface area contributed by atoms with Crippen LogP contribution in [0.5, 0.6) is 0 Å². The molecule has 3 rings (SSSR count). The summed E-state index contributed by atoms with van der Waals surface area (Å²) in [5, 5.41) is 5.93. The molecule has 1 aliphatic heterocycles. The average Bonchev–Trinajstić information content (AvgIpc) is 3.60. The van der Waals surface area contributed by atoms with E-state index in [1.807, 2.05) is 51.7 Å². The van der Waals surface area contributed by atoms with Gasteiger partial charge in [0.25, 0.3) is 5.91 Å². The maximum absolute atomic E-state index is 14.1. The molecule has 12 nitrogen and oxygen atoms in total. The minimum atomic E-state index is -0.799. The standard InChI is InChI=1S/C38H58N6O6/c1-9-25(4)34(43(6)38(48)33(24(2)3)42-37(47)28-14-16-29(39)17-15-28)31(49-7)22-32(45)44-21-11-13-30(44)35(50-8)26(5)36(46)41-20-18-27-12-10-19-40-23-27/h10,12,14-17,19,23-26,30-31,33-35H,9,11,13,18,20-22,39H2,1-8H3,(H,41,46)(H,42,47)/t25-,26+,30-,31-,33-,34-,35+/m0/s1. The number of nitrogens with one attached hydrogen (secondary N) is 2. The first kappa shape index (κ1) is 40.4. The number of carbonyl (C=O) groups excluding carboxylic acids is 4. The lowest BCUT2D eigenvalue weighted by Gasteiger charge is -2.40. The highest BCUT2D eigenvalue weighted by atomic mass is 16.5. The summed E-state index contributed by atoms with van der Waals surface area (Å²) in [7, 11) is 4.86. The van der Waals surface area contributed by atoms with Crippen molar-refractivity contribution in [3.63, 3.8) is 0 Å². The SMILES string of the molecule is CC[C@H](C)[C@@H]([C@H](CC(=O)N1CCC[C@H]1[C@H](OC)[C@@H](C)C(=O)NCCc1cccnc1)OC)N(C)C(=O)[C@@H](NC(=O)c1ccc(N)cc1)C(C)C. The third-order valence-electron chi connectivity index (χ3n) is 10.1. The molecule has 1 saturated heterocycles. The molecule has 2 heterocycles. The molecule has 0 aliphatic carbocycles. The number of nitrogen functional groups attached to an aromatic ring is 1. The van der Waals surface area contributed by atoms with Crippen LogP contribution in [-0.4, -0.2) is 103 Å². The number of amides is 4. The number of likely N-dealkylation sites (N-methyl/N-ethyl adjacent to an activating group) is 1. The molecule has 1 aromatic heterocycles. The predicted molar refractivity (Wildman–Crippen MR) is 194 cm³/mol. The van der Waals surface area contributed by atoms with Crippen LogP contribution in [0.2, 0.25) is 0 Å². The van der Waals surface area contributed by atoms with Crippen LogP contribution in [0.1, 0.15) is 76.2 Å². The van der Waals surface area contributed by atoms with E-state index in [1.54, 1.807) is 62.8 Å². The number of carbonyl (C=O) groups is 4. The second-order valence-electron chi connectivity index (χ2n) is 13.8. The van der Waals surface area contributed by atoms with Crippen LogP contribution in [0.3, 0.4) is 0 Å². The van der Waals surface area contributed by atoms with Gasteiger partial charge in [-0.1, -0.05) is 47.1 Å². The molecule has 2 aromatic rings. The summed E-state index contributed by atoms with van der Waals surface area (Å²) in [6, 6.07) is 8.86. The van der Waals surface area contributed by atoms with Gasteiger partial charge < -0.3 is 35.6 Å². The first-order valence-corrected chi connectivity index (χ1v) is 17.8. The van der Waals surface area contributed by atoms with Crippen molar-refractivity contribution in [3.8, 4) is 0 Å². The van der Waals surface area contributed by atoms with Crippen molar-refractivity contribution in [1.29, 1.82) is 0 Å². The second kappa shape index (κ2) is 19.4. The number of anilines is 1. The van der Waals surface area contributed by atoms with Crippen molar-refractivity contribution in [1.82, 2.24) is 25.4 Å². The van der Waals surface area contributed by atoms with E-state index in [-0.39, 0.29) is 47.9 Å². The number of hydrogen-bond acceptors (Lipinski definition) is 8. The maximum Gasteiger partial charge on any atom is 0.251 e. The number of likely N-dealkylation sites (tertiary alicyclic amines) is 1. The fraction of sp³-hybridized carbons (Fsp3) is 0.605. The number of hydrogen-bond donors (Lipinski definition) is 3.